The minimum absolute atomic E-state index is 0.0176. The molecule has 2 aliphatic heterocycles. The van der Waals surface area contributed by atoms with Crippen molar-refractivity contribution in [1.82, 2.24) is 9.97 Å². The lowest BCUT2D eigenvalue weighted by molar-refractivity contribution is -0.213. The summed E-state index contributed by atoms with van der Waals surface area (Å²) in [5.41, 5.74) is 5.18. The zero-order valence-electron chi connectivity index (χ0n) is 13.9. The summed E-state index contributed by atoms with van der Waals surface area (Å²) in [7, 11) is -2.61. The lowest BCUT2D eigenvalue weighted by Gasteiger charge is -2.30. The van der Waals surface area contributed by atoms with Crippen LogP contribution in [0, 0.1) is 0 Å². The fraction of sp³-hybridized carbons (Fsp3) is 0.667. The molecule has 0 amide bonds. The number of H-pyrrole nitrogens is 1. The molecule has 0 aromatic carbocycles. The summed E-state index contributed by atoms with van der Waals surface area (Å²) < 4.78 is 32.9. The van der Waals surface area contributed by atoms with Gasteiger partial charge in [0.1, 0.15) is 11.8 Å². The zero-order valence-corrected chi connectivity index (χ0v) is 14.7. The van der Waals surface area contributed by atoms with Gasteiger partial charge in [-0.3, -0.25) is 9.78 Å². The van der Waals surface area contributed by atoms with Gasteiger partial charge in [0.25, 0.3) is 15.7 Å². The molecule has 146 valence electrons. The van der Waals surface area contributed by atoms with Crippen molar-refractivity contribution in [2.24, 2.45) is 0 Å². The Bertz CT molecular complexity index is 875. The Labute approximate surface area is 147 Å². The van der Waals surface area contributed by atoms with Gasteiger partial charge < -0.3 is 35.6 Å². The first kappa shape index (κ1) is 18.8. The van der Waals surface area contributed by atoms with E-state index in [4.69, 9.17) is 10.5 Å². The minimum atomic E-state index is -4.19. The van der Waals surface area contributed by atoms with E-state index in [9.17, 15) is 28.5 Å². The SMILES string of the molecule is CN1CN([C@@H]2O[C@H](CO)[C@](O)(OS(C)(=O)=O)[C@H]2O)c2nc(N)[nH]c(=O)c21. The molecular weight excluding hydrogens is 374 g/mol. The second-order valence-electron chi connectivity index (χ2n) is 6.11. The molecule has 0 aliphatic carbocycles. The average Bonchev–Trinajstić information content (AvgIpc) is 2.93. The molecule has 2 aliphatic rings. The van der Waals surface area contributed by atoms with Gasteiger partial charge in [0, 0.05) is 7.05 Å². The molecule has 0 radical (unpaired) electrons. The number of ether oxygens (including phenoxy) is 1. The number of nitrogens with two attached hydrogens (primary N) is 1. The highest BCUT2D eigenvalue weighted by atomic mass is 32.2. The van der Waals surface area contributed by atoms with Gasteiger partial charge in [0.05, 0.1) is 19.5 Å². The van der Waals surface area contributed by atoms with Crippen LogP contribution < -0.4 is 21.1 Å². The number of aliphatic hydroxyl groups is 3. The molecule has 3 heterocycles. The fourth-order valence-corrected chi connectivity index (χ4v) is 3.77. The number of nitrogen functional groups attached to an aromatic ring is 1. The van der Waals surface area contributed by atoms with E-state index in [-0.39, 0.29) is 24.1 Å². The van der Waals surface area contributed by atoms with Crippen LogP contribution in [-0.2, 0) is 19.0 Å². The first-order chi connectivity index (χ1) is 12.0. The third kappa shape index (κ3) is 2.89. The van der Waals surface area contributed by atoms with E-state index in [2.05, 4.69) is 14.2 Å². The van der Waals surface area contributed by atoms with Crippen LogP contribution in [-0.4, -0.2) is 84.5 Å². The van der Waals surface area contributed by atoms with Crippen molar-refractivity contribution in [1.29, 1.82) is 0 Å². The van der Waals surface area contributed by atoms with Gasteiger partial charge in [-0.05, 0) is 0 Å². The highest BCUT2D eigenvalue weighted by Crippen LogP contribution is 2.40. The number of aliphatic hydroxyl groups excluding tert-OH is 2. The molecule has 14 heteroatoms. The van der Waals surface area contributed by atoms with Crippen LogP contribution in [0.25, 0.3) is 0 Å². The number of aromatic nitrogens is 2. The number of anilines is 3. The molecule has 0 saturated carbocycles. The smallest absolute Gasteiger partial charge is 0.278 e. The Morgan fingerprint density at radius 1 is 1.54 bits per heavy atom. The topological polar surface area (TPSA) is 192 Å². The van der Waals surface area contributed by atoms with Gasteiger partial charge in [-0.15, -0.1) is 0 Å². The second-order valence-corrected chi connectivity index (χ2v) is 7.69. The Morgan fingerprint density at radius 3 is 2.77 bits per heavy atom. The van der Waals surface area contributed by atoms with E-state index in [1.807, 2.05) is 0 Å². The number of hydrogen-bond donors (Lipinski definition) is 5. The second kappa shape index (κ2) is 6.04. The van der Waals surface area contributed by atoms with Crippen LogP contribution in [0.5, 0.6) is 0 Å². The lowest BCUT2D eigenvalue weighted by atomic mass is 10.1. The Hall–Kier alpha value is -1.97. The van der Waals surface area contributed by atoms with Gasteiger partial charge in [-0.1, -0.05) is 0 Å². The Kier molecular flexibility index (Phi) is 4.37. The van der Waals surface area contributed by atoms with Gasteiger partial charge in [0.15, 0.2) is 18.1 Å². The van der Waals surface area contributed by atoms with Gasteiger partial charge in [0.2, 0.25) is 11.7 Å². The molecule has 1 aromatic rings. The summed E-state index contributed by atoms with van der Waals surface area (Å²) in [5, 5.41) is 30.4. The molecule has 4 atom stereocenters. The highest BCUT2D eigenvalue weighted by molar-refractivity contribution is 7.86. The van der Waals surface area contributed by atoms with E-state index < -0.39 is 46.5 Å². The largest absolute Gasteiger partial charge is 0.393 e. The molecule has 1 fully saturated rings. The van der Waals surface area contributed by atoms with Crippen molar-refractivity contribution in [3.63, 3.8) is 0 Å². The lowest BCUT2D eigenvalue weighted by Crippen LogP contribution is -2.55. The first-order valence-corrected chi connectivity index (χ1v) is 9.24. The van der Waals surface area contributed by atoms with E-state index >= 15 is 0 Å². The normalized spacial score (nSPS) is 31.5. The number of rotatable bonds is 4. The summed E-state index contributed by atoms with van der Waals surface area (Å²) in [6.45, 7) is -0.815. The van der Waals surface area contributed by atoms with E-state index in [0.29, 0.717) is 6.26 Å². The van der Waals surface area contributed by atoms with Crippen molar-refractivity contribution in [2.75, 3.05) is 42.1 Å². The monoisotopic (exact) mass is 393 g/mol. The number of hydrogen-bond acceptors (Lipinski definition) is 12. The third-order valence-corrected chi connectivity index (χ3v) is 4.70. The Morgan fingerprint density at radius 2 is 2.19 bits per heavy atom. The molecule has 0 spiro atoms. The standard InChI is InChI=1S/C12H19N5O8S/c1-16-4-17(8-6(16)9(20)15-11(13)14-8)10-7(19)12(21,5(3-18)24-10)25-26(2,22)23/h5,7,10,18-19,21H,3-4H2,1-2H3,(H3,13,14,15,20)/t5-,7+,10-,12+/m1/s1. The minimum Gasteiger partial charge on any atom is -0.393 e. The molecule has 26 heavy (non-hydrogen) atoms. The quantitative estimate of drug-likeness (QED) is 0.249. The summed E-state index contributed by atoms with van der Waals surface area (Å²) in [4.78, 5) is 21.2. The first-order valence-electron chi connectivity index (χ1n) is 7.43. The van der Waals surface area contributed by atoms with Gasteiger partial charge in [-0.2, -0.15) is 13.4 Å². The molecule has 1 saturated heterocycles. The summed E-state index contributed by atoms with van der Waals surface area (Å²) in [5.74, 6) is -2.83. The number of aromatic amines is 1. The van der Waals surface area contributed by atoms with E-state index in [1.54, 1.807) is 7.05 Å². The highest BCUT2D eigenvalue weighted by Gasteiger charge is 2.61. The molecule has 0 unspecified atom stereocenters. The number of nitrogens with zero attached hydrogens (tertiary/aromatic N) is 3. The maximum absolute atomic E-state index is 12.1. The summed E-state index contributed by atoms with van der Waals surface area (Å²) in [6, 6.07) is 0. The summed E-state index contributed by atoms with van der Waals surface area (Å²) >= 11 is 0. The average molecular weight is 393 g/mol. The molecule has 0 bridgehead atoms. The predicted molar refractivity (Wildman–Crippen MR) is 87.7 cm³/mol. The molecule has 1 aromatic heterocycles. The Balaban J connectivity index is 2.01. The predicted octanol–water partition coefficient (Wildman–Crippen LogP) is -3.69. The van der Waals surface area contributed by atoms with Crippen LogP contribution in [0.1, 0.15) is 0 Å². The summed E-state index contributed by atoms with van der Waals surface area (Å²) in [6.07, 6.45) is -4.15. The van der Waals surface area contributed by atoms with E-state index in [0.717, 1.165) is 0 Å². The third-order valence-electron chi connectivity index (χ3n) is 4.13. The van der Waals surface area contributed by atoms with Crippen molar-refractivity contribution >= 4 is 27.6 Å². The van der Waals surface area contributed by atoms with Crippen LogP contribution in [0.3, 0.4) is 0 Å². The van der Waals surface area contributed by atoms with Gasteiger partial charge >= 0.3 is 0 Å². The van der Waals surface area contributed by atoms with Crippen molar-refractivity contribution in [3.05, 3.63) is 10.4 Å². The number of fused-ring (bicyclic) bond motifs is 1. The van der Waals surface area contributed by atoms with Crippen molar-refractivity contribution in [3.8, 4) is 0 Å². The molecular formula is C12H19N5O8S. The van der Waals surface area contributed by atoms with Crippen LogP contribution in [0.2, 0.25) is 0 Å². The molecule has 6 N–H and O–H groups in total. The van der Waals surface area contributed by atoms with Crippen LogP contribution in [0.15, 0.2) is 4.79 Å². The fourth-order valence-electron chi connectivity index (χ4n) is 3.08. The van der Waals surface area contributed by atoms with E-state index in [1.165, 1.54) is 9.80 Å². The number of nitrogens with one attached hydrogen (secondary N) is 1. The van der Waals surface area contributed by atoms with Crippen LogP contribution >= 0.6 is 0 Å². The van der Waals surface area contributed by atoms with Gasteiger partial charge in [-0.25, -0.2) is 4.18 Å². The van der Waals surface area contributed by atoms with Crippen molar-refractivity contribution < 1.29 is 32.7 Å². The molecule has 13 nitrogen and oxygen atoms in total. The van der Waals surface area contributed by atoms with Crippen LogP contribution in [0.4, 0.5) is 17.5 Å². The maximum atomic E-state index is 12.1. The zero-order chi connectivity index (χ0) is 19.4. The molecule has 3 rings (SSSR count). The van der Waals surface area contributed by atoms with Crippen molar-refractivity contribution in [2.45, 2.75) is 24.2 Å². The maximum Gasteiger partial charge on any atom is 0.278 e.